The summed E-state index contributed by atoms with van der Waals surface area (Å²) in [5, 5.41) is 4.14. The van der Waals surface area contributed by atoms with Gasteiger partial charge in [-0.3, -0.25) is 4.79 Å². The summed E-state index contributed by atoms with van der Waals surface area (Å²) in [6.45, 7) is 2.63. The summed E-state index contributed by atoms with van der Waals surface area (Å²) in [7, 11) is 1.58. The van der Waals surface area contributed by atoms with Crippen LogP contribution < -0.4 is 24.4 Å². The number of hydrogen-bond acceptors (Lipinski definition) is 6. The zero-order valence-electron chi connectivity index (χ0n) is 23.2. The van der Waals surface area contributed by atoms with Crippen LogP contribution in [-0.4, -0.2) is 30.6 Å². The van der Waals surface area contributed by atoms with Crippen molar-refractivity contribution in [3.63, 3.8) is 0 Å². The van der Waals surface area contributed by atoms with E-state index in [4.69, 9.17) is 18.9 Å². The molecule has 6 rings (SSSR count). The molecule has 5 aromatic rings. The van der Waals surface area contributed by atoms with E-state index >= 15 is 0 Å². The first-order valence-corrected chi connectivity index (χ1v) is 13.5. The molecule has 1 N–H and O–H groups in total. The summed E-state index contributed by atoms with van der Waals surface area (Å²) < 4.78 is 24.4. The van der Waals surface area contributed by atoms with E-state index in [1.807, 2.05) is 54.6 Å². The quantitative estimate of drug-likeness (QED) is 0.164. The molecule has 0 bridgehead atoms. The highest BCUT2D eigenvalue weighted by Gasteiger charge is 2.14. The maximum Gasteiger partial charge on any atom is 0.271 e. The Kier molecular flexibility index (Phi) is 7.59. The van der Waals surface area contributed by atoms with E-state index in [-0.39, 0.29) is 12.7 Å². The number of carbonyl (C=O) groups excluding carboxylic acids is 1. The van der Waals surface area contributed by atoms with Gasteiger partial charge in [-0.25, -0.2) is 5.43 Å². The third kappa shape index (κ3) is 5.69. The van der Waals surface area contributed by atoms with Crippen LogP contribution in [0.2, 0.25) is 0 Å². The number of hydrogen-bond donors (Lipinski definition) is 1. The number of nitrogens with one attached hydrogen (secondary N) is 1. The molecule has 1 aromatic heterocycles. The van der Waals surface area contributed by atoms with Crippen molar-refractivity contribution in [1.82, 2.24) is 9.99 Å². The number of aromatic nitrogens is 1. The molecule has 8 heteroatoms. The van der Waals surface area contributed by atoms with E-state index in [2.05, 4.69) is 46.3 Å². The fourth-order valence-electron chi connectivity index (χ4n) is 4.78. The molecule has 0 saturated heterocycles. The largest absolute Gasteiger partial charge is 0.493 e. The van der Waals surface area contributed by atoms with Crippen LogP contribution in [0.3, 0.4) is 0 Å². The first kappa shape index (κ1) is 26.7. The van der Waals surface area contributed by atoms with Gasteiger partial charge >= 0.3 is 0 Å². The van der Waals surface area contributed by atoms with E-state index in [1.54, 1.807) is 37.6 Å². The molecule has 0 saturated carbocycles. The Bertz CT molecular complexity index is 1740. The zero-order valence-corrected chi connectivity index (χ0v) is 23.2. The van der Waals surface area contributed by atoms with Crippen molar-refractivity contribution in [2.75, 3.05) is 13.9 Å². The minimum atomic E-state index is -0.305. The van der Waals surface area contributed by atoms with Crippen molar-refractivity contribution in [2.24, 2.45) is 5.10 Å². The van der Waals surface area contributed by atoms with E-state index < -0.39 is 0 Å². The van der Waals surface area contributed by atoms with Crippen molar-refractivity contribution in [3.8, 4) is 39.9 Å². The first-order valence-electron chi connectivity index (χ1n) is 13.5. The molecule has 210 valence electrons. The van der Waals surface area contributed by atoms with Gasteiger partial charge in [0.05, 0.1) is 19.0 Å². The van der Waals surface area contributed by atoms with Gasteiger partial charge in [0.25, 0.3) is 5.91 Å². The van der Waals surface area contributed by atoms with Gasteiger partial charge in [-0.1, -0.05) is 36.4 Å². The summed E-state index contributed by atoms with van der Waals surface area (Å²) in [5.41, 5.74) is 9.10. The van der Waals surface area contributed by atoms with Gasteiger partial charge in [0.1, 0.15) is 6.61 Å². The highest BCUT2D eigenvalue weighted by molar-refractivity contribution is 5.95. The average molecular weight is 560 g/mol. The number of amides is 1. The summed E-state index contributed by atoms with van der Waals surface area (Å²) in [6.07, 6.45) is 1.56. The standard InChI is InChI=1S/C34H29N3O5/c1-23-8-15-29(26-6-4-3-5-7-26)37(23)28-13-11-27(12-14-28)34(38)36-35-20-24-9-16-30(32(18-24)39-2)40-21-25-10-17-31-33(19-25)42-22-41-31/h3-20H,21-22H2,1-2H3,(H,36,38)/b35-20+. The molecular formula is C34H29N3O5. The third-order valence-corrected chi connectivity index (χ3v) is 6.93. The molecule has 1 amide bonds. The van der Waals surface area contributed by atoms with Crippen LogP contribution in [-0.2, 0) is 6.61 Å². The van der Waals surface area contributed by atoms with Crippen LogP contribution in [0.25, 0.3) is 16.9 Å². The minimum absolute atomic E-state index is 0.229. The molecule has 0 unspecified atom stereocenters. The van der Waals surface area contributed by atoms with Crippen LogP contribution in [0.1, 0.15) is 27.2 Å². The van der Waals surface area contributed by atoms with Crippen molar-refractivity contribution in [1.29, 1.82) is 0 Å². The van der Waals surface area contributed by atoms with Crippen molar-refractivity contribution in [2.45, 2.75) is 13.5 Å². The predicted octanol–water partition coefficient (Wildman–Crippen LogP) is 6.53. The molecular weight excluding hydrogens is 530 g/mol. The monoisotopic (exact) mass is 559 g/mol. The molecule has 1 aliphatic rings. The second-order valence-electron chi connectivity index (χ2n) is 9.69. The summed E-state index contributed by atoms with van der Waals surface area (Å²) in [6, 6.07) is 33.0. The van der Waals surface area contributed by atoms with Gasteiger partial charge in [0.2, 0.25) is 6.79 Å². The van der Waals surface area contributed by atoms with Gasteiger partial charge in [0.15, 0.2) is 23.0 Å². The van der Waals surface area contributed by atoms with Gasteiger partial charge < -0.3 is 23.5 Å². The number of rotatable bonds is 9. The Labute approximate surface area is 243 Å². The number of hydrazone groups is 1. The summed E-state index contributed by atoms with van der Waals surface area (Å²) in [5.74, 6) is 2.27. The van der Waals surface area contributed by atoms with E-state index in [0.29, 0.717) is 29.4 Å². The Morgan fingerprint density at radius 1 is 0.905 bits per heavy atom. The second-order valence-corrected chi connectivity index (χ2v) is 9.69. The van der Waals surface area contributed by atoms with Gasteiger partial charge in [-0.15, -0.1) is 0 Å². The maximum atomic E-state index is 12.8. The van der Waals surface area contributed by atoms with Crippen LogP contribution in [0.15, 0.2) is 108 Å². The first-order chi connectivity index (χ1) is 20.6. The number of benzene rings is 4. The van der Waals surface area contributed by atoms with Crippen LogP contribution in [0.5, 0.6) is 23.0 Å². The number of fused-ring (bicyclic) bond motifs is 1. The molecule has 0 spiro atoms. The SMILES string of the molecule is COc1cc(/C=N/NC(=O)c2ccc(-n3c(C)ccc3-c3ccccc3)cc2)ccc1OCc1ccc2c(c1)OCO2. The van der Waals surface area contributed by atoms with E-state index in [0.717, 1.165) is 39.5 Å². The lowest BCUT2D eigenvalue weighted by Gasteiger charge is -2.13. The number of ether oxygens (including phenoxy) is 4. The minimum Gasteiger partial charge on any atom is -0.493 e. The Morgan fingerprint density at radius 3 is 2.52 bits per heavy atom. The molecule has 0 aliphatic carbocycles. The highest BCUT2D eigenvalue weighted by atomic mass is 16.7. The molecule has 0 fully saturated rings. The Morgan fingerprint density at radius 2 is 1.71 bits per heavy atom. The number of methoxy groups -OCH3 is 1. The average Bonchev–Trinajstić information content (AvgIpc) is 3.66. The normalized spacial score (nSPS) is 12.0. The lowest BCUT2D eigenvalue weighted by atomic mass is 10.1. The highest BCUT2D eigenvalue weighted by Crippen LogP contribution is 2.34. The molecule has 4 aromatic carbocycles. The predicted molar refractivity (Wildman–Crippen MR) is 161 cm³/mol. The number of aryl methyl sites for hydroxylation is 1. The Hall–Kier alpha value is -5.50. The fraction of sp³-hybridized carbons (Fsp3) is 0.118. The smallest absolute Gasteiger partial charge is 0.271 e. The van der Waals surface area contributed by atoms with E-state index in [1.165, 1.54) is 0 Å². The van der Waals surface area contributed by atoms with Gasteiger partial charge in [-0.05, 0) is 90.3 Å². The van der Waals surface area contributed by atoms with Gasteiger partial charge in [0, 0.05) is 16.9 Å². The number of carbonyl (C=O) groups is 1. The lowest BCUT2D eigenvalue weighted by Crippen LogP contribution is -2.17. The number of nitrogens with zero attached hydrogens (tertiary/aromatic N) is 2. The molecule has 42 heavy (non-hydrogen) atoms. The van der Waals surface area contributed by atoms with Crippen molar-refractivity contribution in [3.05, 3.63) is 126 Å². The molecule has 1 aliphatic heterocycles. The summed E-state index contributed by atoms with van der Waals surface area (Å²) in [4.78, 5) is 12.8. The van der Waals surface area contributed by atoms with Crippen molar-refractivity contribution < 1.29 is 23.7 Å². The molecule has 0 radical (unpaired) electrons. The maximum absolute atomic E-state index is 12.8. The van der Waals surface area contributed by atoms with E-state index in [9.17, 15) is 4.79 Å². The lowest BCUT2D eigenvalue weighted by molar-refractivity contribution is 0.0955. The van der Waals surface area contributed by atoms with Crippen LogP contribution >= 0.6 is 0 Å². The zero-order chi connectivity index (χ0) is 28.9. The fourth-order valence-corrected chi connectivity index (χ4v) is 4.78. The molecule has 0 atom stereocenters. The third-order valence-electron chi connectivity index (χ3n) is 6.93. The van der Waals surface area contributed by atoms with Crippen LogP contribution in [0.4, 0.5) is 0 Å². The second kappa shape index (κ2) is 11.9. The van der Waals surface area contributed by atoms with Gasteiger partial charge in [-0.2, -0.15) is 5.10 Å². The summed E-state index contributed by atoms with van der Waals surface area (Å²) >= 11 is 0. The van der Waals surface area contributed by atoms with Crippen molar-refractivity contribution >= 4 is 12.1 Å². The Balaban J connectivity index is 1.08. The van der Waals surface area contributed by atoms with Crippen LogP contribution in [0, 0.1) is 6.92 Å². The topological polar surface area (TPSA) is 83.3 Å². The molecule has 2 heterocycles. The molecule has 8 nitrogen and oxygen atoms in total.